The van der Waals surface area contributed by atoms with E-state index in [2.05, 4.69) is 36.8 Å². The van der Waals surface area contributed by atoms with E-state index in [-0.39, 0.29) is 26.5 Å². The predicted octanol–water partition coefficient (Wildman–Crippen LogP) is 4.95. The highest BCUT2D eigenvalue weighted by molar-refractivity contribution is 9.11. The minimum atomic E-state index is -4.62. The van der Waals surface area contributed by atoms with E-state index >= 15 is 0 Å². The lowest BCUT2D eigenvalue weighted by molar-refractivity contribution is -0.150. The Bertz CT molecular complexity index is 1160. The summed E-state index contributed by atoms with van der Waals surface area (Å²) in [6.45, 7) is -0.994. The number of alkyl halides is 5. The van der Waals surface area contributed by atoms with Crippen molar-refractivity contribution in [1.29, 1.82) is 0 Å². The number of aromatic nitrogens is 2. The summed E-state index contributed by atoms with van der Waals surface area (Å²) in [5.41, 5.74) is -0.491. The molecule has 7 nitrogen and oxygen atoms in total. The summed E-state index contributed by atoms with van der Waals surface area (Å²) in [7, 11) is -4.62. The number of nitrogens with zero attached hydrogens (tertiary/aromatic N) is 2. The Morgan fingerprint density at radius 3 is 2.56 bits per heavy atom. The molecule has 1 N–H and O–H groups in total. The van der Waals surface area contributed by atoms with Crippen LogP contribution in [0.3, 0.4) is 0 Å². The first-order valence-electron chi connectivity index (χ1n) is 8.50. The Labute approximate surface area is 199 Å². The van der Waals surface area contributed by atoms with Gasteiger partial charge in [0.15, 0.2) is 10.4 Å². The number of nitrogens with one attached hydrogen (secondary N) is 1. The van der Waals surface area contributed by atoms with Crippen LogP contribution in [-0.2, 0) is 10.0 Å². The average molecular weight is 632 g/mol. The van der Waals surface area contributed by atoms with Gasteiger partial charge in [0.05, 0.1) is 10.9 Å². The number of carbonyl (C=O) groups excluding carboxylic acids is 1. The Balaban J connectivity index is 1.83. The number of hydrogen-bond donors (Lipinski definition) is 1. The van der Waals surface area contributed by atoms with Crippen molar-refractivity contribution in [2.45, 2.75) is 30.0 Å². The molecule has 0 unspecified atom stereocenters. The maximum atomic E-state index is 12.9. The van der Waals surface area contributed by atoms with Gasteiger partial charge in [-0.15, -0.1) is 0 Å². The number of rotatable bonds is 7. The van der Waals surface area contributed by atoms with Crippen LogP contribution < -0.4 is 9.46 Å². The number of sulfonamides is 1. The van der Waals surface area contributed by atoms with Crippen molar-refractivity contribution in [1.82, 2.24) is 14.3 Å². The van der Waals surface area contributed by atoms with Gasteiger partial charge in [-0.3, -0.25) is 4.79 Å². The van der Waals surface area contributed by atoms with Crippen LogP contribution in [0.2, 0.25) is 5.02 Å². The lowest BCUT2D eigenvalue weighted by Gasteiger charge is -2.11. The molecule has 2 aromatic rings. The van der Waals surface area contributed by atoms with Crippen LogP contribution in [0, 0.1) is 5.92 Å². The van der Waals surface area contributed by atoms with E-state index in [0.29, 0.717) is 0 Å². The molecule has 32 heavy (non-hydrogen) atoms. The SMILES string of the molecule is O=C(NS(=O)(=O)c1cc(OCC(F)F)ccc1Cl)c1nc(Br)n([C@@H]2C[C@H]2C(F)(F)F)c1Br. The third kappa shape index (κ3) is 5.37. The first-order chi connectivity index (χ1) is 14.7. The molecule has 3 rings (SSSR count). The normalized spacial score (nSPS) is 18.7. The number of carbonyl (C=O) groups is 1. The van der Waals surface area contributed by atoms with Crippen LogP contribution in [0.25, 0.3) is 0 Å². The molecule has 0 spiro atoms. The van der Waals surface area contributed by atoms with Crippen molar-refractivity contribution in [3.8, 4) is 5.75 Å². The highest BCUT2D eigenvalue weighted by Crippen LogP contribution is 2.55. The van der Waals surface area contributed by atoms with Gasteiger partial charge in [-0.2, -0.15) is 13.2 Å². The molecule has 1 heterocycles. The van der Waals surface area contributed by atoms with E-state index in [9.17, 15) is 35.2 Å². The first kappa shape index (κ1) is 25.2. The molecule has 0 saturated heterocycles. The van der Waals surface area contributed by atoms with E-state index in [0.717, 1.165) is 22.8 Å². The number of halogens is 8. The molecule has 1 fully saturated rings. The number of hydrogen-bond acceptors (Lipinski definition) is 5. The molecule has 2 atom stereocenters. The van der Waals surface area contributed by atoms with Gasteiger partial charge in [0.1, 0.15) is 21.9 Å². The van der Waals surface area contributed by atoms with Crippen molar-refractivity contribution in [3.63, 3.8) is 0 Å². The zero-order valence-electron chi connectivity index (χ0n) is 15.3. The lowest BCUT2D eigenvalue weighted by atomic mass is 10.3. The highest BCUT2D eigenvalue weighted by Gasteiger charge is 2.57. The minimum Gasteiger partial charge on any atom is -0.488 e. The maximum absolute atomic E-state index is 12.9. The molecule has 16 heteroatoms. The minimum absolute atomic E-state index is 0.107. The average Bonchev–Trinajstić information content (AvgIpc) is 3.40. The Kier molecular flexibility index (Phi) is 7.13. The Hall–Kier alpha value is -1.45. The van der Waals surface area contributed by atoms with Gasteiger partial charge >= 0.3 is 6.18 Å². The lowest BCUT2D eigenvalue weighted by Crippen LogP contribution is -2.31. The monoisotopic (exact) mass is 629 g/mol. The van der Waals surface area contributed by atoms with Gasteiger partial charge < -0.3 is 9.30 Å². The molecular formula is C16H11Br2ClF5N3O4S. The van der Waals surface area contributed by atoms with Crippen LogP contribution in [-0.4, -0.2) is 43.1 Å². The molecule has 1 aliphatic carbocycles. The fourth-order valence-corrected chi connectivity index (χ4v) is 5.82. The first-order valence-corrected chi connectivity index (χ1v) is 11.9. The summed E-state index contributed by atoms with van der Waals surface area (Å²) in [6.07, 6.45) is -7.47. The van der Waals surface area contributed by atoms with Crippen molar-refractivity contribution < 1.29 is 39.9 Å². The van der Waals surface area contributed by atoms with E-state index in [4.69, 9.17) is 16.3 Å². The molecule has 1 aliphatic rings. The van der Waals surface area contributed by atoms with E-state index in [1.807, 2.05) is 0 Å². The van der Waals surface area contributed by atoms with Crippen LogP contribution in [0.15, 0.2) is 32.4 Å². The molecule has 0 aliphatic heterocycles. The van der Waals surface area contributed by atoms with Crippen LogP contribution in [0.1, 0.15) is 23.0 Å². The maximum Gasteiger partial charge on any atom is 0.393 e. The molecule has 1 saturated carbocycles. The number of imidazole rings is 1. The molecule has 176 valence electrons. The fraction of sp³-hybridized carbons (Fsp3) is 0.375. The summed E-state index contributed by atoms with van der Waals surface area (Å²) < 4.78 is 95.8. The molecule has 0 bridgehead atoms. The zero-order valence-corrected chi connectivity index (χ0v) is 20.1. The molecule has 0 radical (unpaired) electrons. The van der Waals surface area contributed by atoms with Crippen LogP contribution >= 0.6 is 43.5 Å². The van der Waals surface area contributed by atoms with Gasteiger partial charge in [-0.1, -0.05) is 11.6 Å². The van der Waals surface area contributed by atoms with Crippen molar-refractivity contribution in [2.75, 3.05) is 6.61 Å². The largest absolute Gasteiger partial charge is 0.488 e. The summed E-state index contributed by atoms with van der Waals surface area (Å²) >= 11 is 11.8. The van der Waals surface area contributed by atoms with E-state index in [1.165, 1.54) is 0 Å². The molecule has 1 aromatic heterocycles. The predicted molar refractivity (Wildman–Crippen MR) is 108 cm³/mol. The second-order valence-electron chi connectivity index (χ2n) is 6.57. The second-order valence-corrected chi connectivity index (χ2v) is 10.1. The van der Waals surface area contributed by atoms with Crippen molar-refractivity contribution >= 4 is 59.4 Å². The fourth-order valence-electron chi connectivity index (χ4n) is 2.80. The quantitative estimate of drug-likeness (QED) is 0.437. The zero-order chi connectivity index (χ0) is 24.0. The van der Waals surface area contributed by atoms with Gasteiger partial charge in [-0.25, -0.2) is 26.9 Å². The van der Waals surface area contributed by atoms with E-state index in [1.54, 1.807) is 4.72 Å². The van der Waals surface area contributed by atoms with Crippen LogP contribution in [0.4, 0.5) is 22.0 Å². The van der Waals surface area contributed by atoms with Crippen molar-refractivity contribution in [3.05, 3.63) is 38.3 Å². The summed E-state index contributed by atoms with van der Waals surface area (Å²) in [4.78, 5) is 15.7. The van der Waals surface area contributed by atoms with Crippen molar-refractivity contribution in [2.24, 2.45) is 5.92 Å². The third-order valence-corrected chi connectivity index (χ3v) is 7.46. The van der Waals surface area contributed by atoms with E-state index < -0.39 is 57.7 Å². The highest BCUT2D eigenvalue weighted by atomic mass is 79.9. The Morgan fingerprint density at radius 2 is 2.00 bits per heavy atom. The smallest absolute Gasteiger partial charge is 0.393 e. The molecule has 1 amide bonds. The van der Waals surface area contributed by atoms with Gasteiger partial charge in [0.2, 0.25) is 0 Å². The van der Waals surface area contributed by atoms with Gasteiger partial charge in [0.25, 0.3) is 22.4 Å². The Morgan fingerprint density at radius 1 is 1.34 bits per heavy atom. The number of amides is 1. The molecule has 1 aromatic carbocycles. The summed E-state index contributed by atoms with van der Waals surface area (Å²) in [5, 5.41) is -0.327. The standard InChI is InChI=1S/C16H11Br2ClF5N3O4S/c17-13-12(25-15(18)27(13)9-4-7(9)16(22,23)24)14(28)26-32(29,30)10-3-6(1-2-8(10)19)31-5-11(20)21/h1-3,7,9,11H,4-5H2,(H,26,28)/t7-,9-/m1/s1. The molecular weight excluding hydrogens is 621 g/mol. The number of ether oxygens (including phenoxy) is 1. The van der Waals surface area contributed by atoms with Gasteiger partial charge in [-0.05, 0) is 50.4 Å². The van der Waals surface area contributed by atoms with Crippen LogP contribution in [0.5, 0.6) is 5.75 Å². The third-order valence-electron chi connectivity index (χ3n) is 4.33. The topological polar surface area (TPSA) is 90.3 Å². The second kappa shape index (κ2) is 9.06. The van der Waals surface area contributed by atoms with Gasteiger partial charge in [0, 0.05) is 12.1 Å². The summed E-state index contributed by atoms with van der Waals surface area (Å²) in [5.74, 6) is -3.11. The summed E-state index contributed by atoms with van der Waals surface area (Å²) in [6, 6.07) is 2.07. The number of benzene rings is 1.